The molecule has 1 unspecified atom stereocenters. The van der Waals surface area contributed by atoms with Crippen molar-refractivity contribution in [2.45, 2.75) is 37.8 Å². The van der Waals surface area contributed by atoms with Gasteiger partial charge in [0, 0.05) is 37.8 Å². The first kappa shape index (κ1) is 17.2. The number of ether oxygens (including phenoxy) is 1. The summed E-state index contributed by atoms with van der Waals surface area (Å²) in [5, 5.41) is 6.97. The maximum Gasteiger partial charge on any atom is 0.257 e. The molecule has 0 saturated carbocycles. The van der Waals surface area contributed by atoms with Crippen molar-refractivity contribution in [1.29, 1.82) is 0 Å². The van der Waals surface area contributed by atoms with E-state index in [2.05, 4.69) is 15.4 Å². The van der Waals surface area contributed by atoms with E-state index in [0.29, 0.717) is 17.4 Å². The van der Waals surface area contributed by atoms with Crippen LogP contribution in [0.3, 0.4) is 0 Å². The van der Waals surface area contributed by atoms with Gasteiger partial charge in [-0.2, -0.15) is 0 Å². The van der Waals surface area contributed by atoms with Gasteiger partial charge < -0.3 is 19.5 Å². The molecule has 2 saturated heterocycles. The lowest BCUT2D eigenvalue weighted by molar-refractivity contribution is 0.0613. The topological polar surface area (TPSA) is 67.6 Å². The molecule has 3 heterocycles. The summed E-state index contributed by atoms with van der Waals surface area (Å²) >= 11 is 0. The van der Waals surface area contributed by atoms with Crippen molar-refractivity contribution in [3.8, 4) is 11.3 Å². The van der Waals surface area contributed by atoms with Gasteiger partial charge in [0.2, 0.25) is 0 Å². The number of hydrogen-bond acceptors (Lipinski definition) is 5. The summed E-state index contributed by atoms with van der Waals surface area (Å²) in [6.45, 7) is 3.92. The highest BCUT2D eigenvalue weighted by Gasteiger charge is 2.26. The predicted octanol–water partition coefficient (Wildman–Crippen LogP) is 2.71. The molecule has 2 aromatic rings. The number of rotatable bonds is 5. The highest BCUT2D eigenvalue weighted by atomic mass is 16.5. The Hall–Kier alpha value is -2.18. The maximum absolute atomic E-state index is 12.7. The predicted molar refractivity (Wildman–Crippen MR) is 97.8 cm³/mol. The van der Waals surface area contributed by atoms with Crippen LogP contribution in [0.25, 0.3) is 11.3 Å². The molecule has 0 aliphatic carbocycles. The van der Waals surface area contributed by atoms with Gasteiger partial charge in [-0.05, 0) is 25.7 Å². The number of hydrogen-bond donors (Lipinski definition) is 1. The minimum Gasteiger partial charge on any atom is -0.377 e. The summed E-state index contributed by atoms with van der Waals surface area (Å²) in [5.74, 6) is 0.418. The number of nitrogens with zero attached hydrogens (tertiary/aromatic N) is 2. The average molecular weight is 355 g/mol. The number of amides is 1. The Morgan fingerprint density at radius 2 is 2.00 bits per heavy atom. The van der Waals surface area contributed by atoms with Crippen LogP contribution in [0, 0.1) is 0 Å². The van der Waals surface area contributed by atoms with Gasteiger partial charge in [-0.15, -0.1) is 0 Å². The molecule has 1 N–H and O–H groups in total. The van der Waals surface area contributed by atoms with E-state index in [1.807, 2.05) is 30.3 Å². The minimum atomic E-state index is -0.109. The van der Waals surface area contributed by atoms with Crippen LogP contribution in [0.15, 0.2) is 41.1 Å². The SMILES string of the molecule is O=C(NC1CCN(CC2CCCO2)CC1)c1cnoc1-c1ccccc1. The summed E-state index contributed by atoms with van der Waals surface area (Å²) in [4.78, 5) is 15.1. The highest BCUT2D eigenvalue weighted by molar-refractivity contribution is 5.99. The quantitative estimate of drug-likeness (QED) is 0.893. The van der Waals surface area contributed by atoms with E-state index < -0.39 is 0 Å². The fourth-order valence-corrected chi connectivity index (χ4v) is 3.80. The molecule has 2 aliphatic heterocycles. The van der Waals surface area contributed by atoms with Gasteiger partial charge >= 0.3 is 0 Å². The van der Waals surface area contributed by atoms with Crippen LogP contribution < -0.4 is 5.32 Å². The zero-order valence-corrected chi connectivity index (χ0v) is 14.9. The largest absolute Gasteiger partial charge is 0.377 e. The summed E-state index contributed by atoms with van der Waals surface area (Å²) in [5.41, 5.74) is 1.36. The van der Waals surface area contributed by atoms with Crippen LogP contribution in [-0.4, -0.2) is 54.4 Å². The Balaban J connectivity index is 1.31. The number of benzene rings is 1. The van der Waals surface area contributed by atoms with Gasteiger partial charge in [0.05, 0.1) is 12.3 Å². The molecular weight excluding hydrogens is 330 g/mol. The summed E-state index contributed by atoms with van der Waals surface area (Å²) in [6.07, 6.45) is 6.18. The second kappa shape index (κ2) is 8.01. The first-order chi connectivity index (χ1) is 12.8. The number of aromatic nitrogens is 1. The molecule has 0 spiro atoms. The van der Waals surface area contributed by atoms with Crippen LogP contribution in [0.4, 0.5) is 0 Å². The minimum absolute atomic E-state index is 0.109. The Kier molecular flexibility index (Phi) is 5.32. The molecule has 26 heavy (non-hydrogen) atoms. The third kappa shape index (κ3) is 3.97. The highest BCUT2D eigenvalue weighted by Crippen LogP contribution is 2.24. The fraction of sp³-hybridized carbons (Fsp3) is 0.500. The molecule has 6 heteroatoms. The average Bonchev–Trinajstić information content (AvgIpc) is 3.36. The van der Waals surface area contributed by atoms with Crippen molar-refractivity contribution in [2.75, 3.05) is 26.2 Å². The molecule has 1 atom stereocenters. The maximum atomic E-state index is 12.7. The second-order valence-electron chi connectivity index (χ2n) is 7.12. The number of nitrogens with one attached hydrogen (secondary N) is 1. The van der Waals surface area contributed by atoms with Crippen molar-refractivity contribution >= 4 is 5.91 Å². The number of carbonyl (C=O) groups is 1. The van der Waals surface area contributed by atoms with E-state index >= 15 is 0 Å². The van der Waals surface area contributed by atoms with E-state index in [1.165, 1.54) is 19.0 Å². The van der Waals surface area contributed by atoms with E-state index in [9.17, 15) is 4.79 Å². The van der Waals surface area contributed by atoms with Gasteiger partial charge in [-0.1, -0.05) is 35.5 Å². The van der Waals surface area contributed by atoms with Crippen molar-refractivity contribution in [3.63, 3.8) is 0 Å². The zero-order chi connectivity index (χ0) is 17.8. The van der Waals surface area contributed by atoms with Crippen LogP contribution >= 0.6 is 0 Å². The van der Waals surface area contributed by atoms with Crippen molar-refractivity contribution in [2.24, 2.45) is 0 Å². The number of likely N-dealkylation sites (tertiary alicyclic amines) is 1. The number of piperidine rings is 1. The lowest BCUT2D eigenvalue weighted by Gasteiger charge is -2.33. The lowest BCUT2D eigenvalue weighted by atomic mass is 10.0. The van der Waals surface area contributed by atoms with E-state index in [4.69, 9.17) is 9.26 Å². The van der Waals surface area contributed by atoms with Crippen molar-refractivity contribution in [3.05, 3.63) is 42.1 Å². The standard InChI is InChI=1S/C20H25N3O3/c24-20(18-13-21-26-19(18)15-5-2-1-3-6-15)22-16-8-10-23(11-9-16)14-17-7-4-12-25-17/h1-3,5-6,13,16-17H,4,7-12,14H2,(H,22,24). The lowest BCUT2D eigenvalue weighted by Crippen LogP contribution is -2.46. The molecule has 4 rings (SSSR count). The molecule has 1 amide bonds. The molecule has 1 aromatic carbocycles. The summed E-state index contributed by atoms with van der Waals surface area (Å²) in [7, 11) is 0. The Morgan fingerprint density at radius 3 is 2.73 bits per heavy atom. The monoisotopic (exact) mass is 355 g/mol. The molecule has 6 nitrogen and oxygen atoms in total. The van der Waals surface area contributed by atoms with E-state index in [-0.39, 0.29) is 11.9 Å². The van der Waals surface area contributed by atoms with Gasteiger partial charge in [0.25, 0.3) is 5.91 Å². The molecule has 2 fully saturated rings. The van der Waals surface area contributed by atoms with Crippen LogP contribution in [0.5, 0.6) is 0 Å². The third-order valence-electron chi connectivity index (χ3n) is 5.26. The van der Waals surface area contributed by atoms with Crippen molar-refractivity contribution < 1.29 is 14.1 Å². The first-order valence-electron chi connectivity index (χ1n) is 9.44. The Morgan fingerprint density at radius 1 is 1.19 bits per heavy atom. The van der Waals surface area contributed by atoms with Gasteiger partial charge in [0.15, 0.2) is 5.76 Å². The van der Waals surface area contributed by atoms with Gasteiger partial charge in [-0.25, -0.2) is 0 Å². The zero-order valence-electron chi connectivity index (χ0n) is 14.9. The van der Waals surface area contributed by atoms with Crippen LogP contribution in [-0.2, 0) is 4.74 Å². The molecular formula is C20H25N3O3. The van der Waals surface area contributed by atoms with Crippen LogP contribution in [0.2, 0.25) is 0 Å². The molecule has 0 radical (unpaired) electrons. The second-order valence-corrected chi connectivity index (χ2v) is 7.12. The van der Waals surface area contributed by atoms with Crippen molar-refractivity contribution in [1.82, 2.24) is 15.4 Å². The van der Waals surface area contributed by atoms with Gasteiger partial charge in [0.1, 0.15) is 5.56 Å². The summed E-state index contributed by atoms with van der Waals surface area (Å²) < 4.78 is 11.0. The van der Waals surface area contributed by atoms with Gasteiger partial charge in [-0.3, -0.25) is 4.79 Å². The molecule has 0 bridgehead atoms. The molecule has 1 aromatic heterocycles. The molecule has 2 aliphatic rings. The van der Waals surface area contributed by atoms with E-state index in [1.54, 1.807) is 0 Å². The fourth-order valence-electron chi connectivity index (χ4n) is 3.80. The Labute approximate surface area is 153 Å². The van der Waals surface area contributed by atoms with Crippen LogP contribution in [0.1, 0.15) is 36.0 Å². The first-order valence-corrected chi connectivity index (χ1v) is 9.44. The summed E-state index contributed by atoms with van der Waals surface area (Å²) in [6, 6.07) is 9.81. The third-order valence-corrected chi connectivity index (χ3v) is 5.26. The normalized spacial score (nSPS) is 21.8. The number of carbonyl (C=O) groups excluding carboxylic acids is 1. The molecule has 138 valence electrons. The van der Waals surface area contributed by atoms with E-state index in [0.717, 1.165) is 44.6 Å². The smallest absolute Gasteiger partial charge is 0.257 e. The Bertz CT molecular complexity index is 717.